The second kappa shape index (κ2) is 9.60. The Hall–Kier alpha value is -0.490. The lowest BCUT2D eigenvalue weighted by Gasteiger charge is -2.30. The van der Waals surface area contributed by atoms with Crippen LogP contribution in [-0.2, 0) is 10.0 Å². The van der Waals surface area contributed by atoms with Crippen molar-refractivity contribution in [3.63, 3.8) is 0 Å². The smallest absolute Gasteiger partial charge is 0.350 e. The molecule has 0 saturated carbocycles. The summed E-state index contributed by atoms with van der Waals surface area (Å²) in [5.74, 6) is -2.86. The molecule has 1 aliphatic rings. The minimum atomic E-state index is -4.45. The number of alkyl halides is 2. The van der Waals surface area contributed by atoms with Crippen molar-refractivity contribution in [3.05, 3.63) is 12.2 Å². The van der Waals surface area contributed by atoms with Crippen LogP contribution in [0.3, 0.4) is 0 Å². The lowest BCUT2D eigenvalue weighted by molar-refractivity contribution is 0.204. The molecule has 1 aliphatic heterocycles. The van der Waals surface area contributed by atoms with Crippen LogP contribution in [0.2, 0.25) is 0 Å². The maximum Gasteiger partial charge on any atom is 0.350 e. The number of guanidine groups is 1. The summed E-state index contributed by atoms with van der Waals surface area (Å²) in [6, 6.07) is 0. The lowest BCUT2D eigenvalue weighted by Crippen LogP contribution is -2.44. The van der Waals surface area contributed by atoms with Gasteiger partial charge in [0.05, 0.1) is 6.54 Å². The first kappa shape index (κ1) is 21.5. The molecule has 6 nitrogen and oxygen atoms in total. The first-order valence-electron chi connectivity index (χ1n) is 6.68. The van der Waals surface area contributed by atoms with Gasteiger partial charge in [-0.25, -0.2) is 13.4 Å². The Morgan fingerprint density at radius 1 is 1.45 bits per heavy atom. The predicted molar refractivity (Wildman–Crippen MR) is 93.9 cm³/mol. The first-order valence-corrected chi connectivity index (χ1v) is 8.19. The highest BCUT2D eigenvalue weighted by molar-refractivity contribution is 14.0. The molecule has 0 radical (unpaired) electrons. The molecule has 0 spiro atoms. The fourth-order valence-corrected chi connectivity index (χ4v) is 2.95. The average molecular weight is 452 g/mol. The SMILES string of the molecule is C=C(C)CN=C(N)NCC1CCN(S(=O)(=O)C(F)F)CC1.I. The monoisotopic (exact) mass is 452 g/mol. The number of rotatable bonds is 6. The molecule has 22 heavy (non-hydrogen) atoms. The Morgan fingerprint density at radius 3 is 2.45 bits per heavy atom. The van der Waals surface area contributed by atoms with Gasteiger partial charge in [0.15, 0.2) is 5.96 Å². The minimum Gasteiger partial charge on any atom is -0.370 e. The highest BCUT2D eigenvalue weighted by Gasteiger charge is 2.34. The number of nitrogens with two attached hydrogens (primary N) is 1. The van der Waals surface area contributed by atoms with E-state index < -0.39 is 15.8 Å². The number of hydrogen-bond donors (Lipinski definition) is 2. The van der Waals surface area contributed by atoms with Gasteiger partial charge in [0.25, 0.3) is 10.0 Å². The summed E-state index contributed by atoms with van der Waals surface area (Å²) < 4.78 is 48.3. The number of nitrogens with one attached hydrogen (secondary N) is 1. The zero-order chi connectivity index (χ0) is 16.0. The van der Waals surface area contributed by atoms with Crippen LogP contribution < -0.4 is 11.1 Å². The molecule has 1 rings (SSSR count). The third kappa shape index (κ3) is 6.73. The molecule has 0 unspecified atom stereocenters. The van der Waals surface area contributed by atoms with Crippen molar-refractivity contribution >= 4 is 40.0 Å². The molecule has 0 bridgehead atoms. The van der Waals surface area contributed by atoms with Crippen molar-refractivity contribution in [2.24, 2.45) is 16.6 Å². The van der Waals surface area contributed by atoms with Crippen molar-refractivity contribution in [1.29, 1.82) is 0 Å². The fourth-order valence-electron chi connectivity index (χ4n) is 2.01. The number of nitrogens with zero attached hydrogens (tertiary/aromatic N) is 2. The second-order valence-corrected chi connectivity index (χ2v) is 7.09. The van der Waals surface area contributed by atoms with E-state index in [1.807, 2.05) is 6.92 Å². The van der Waals surface area contributed by atoms with Gasteiger partial charge in [-0.2, -0.15) is 13.1 Å². The van der Waals surface area contributed by atoms with Gasteiger partial charge in [-0.15, -0.1) is 24.0 Å². The molecule has 10 heteroatoms. The highest BCUT2D eigenvalue weighted by atomic mass is 127. The van der Waals surface area contributed by atoms with Crippen LogP contribution in [0.5, 0.6) is 0 Å². The Morgan fingerprint density at radius 2 is 2.00 bits per heavy atom. The summed E-state index contributed by atoms with van der Waals surface area (Å²) in [4.78, 5) is 4.06. The van der Waals surface area contributed by atoms with Crippen LogP contribution in [0.15, 0.2) is 17.1 Å². The third-order valence-electron chi connectivity index (χ3n) is 3.25. The summed E-state index contributed by atoms with van der Waals surface area (Å²) >= 11 is 0. The van der Waals surface area contributed by atoms with E-state index >= 15 is 0 Å². The average Bonchev–Trinajstić information content (AvgIpc) is 2.43. The molecule has 0 atom stereocenters. The van der Waals surface area contributed by atoms with E-state index in [0.717, 1.165) is 9.88 Å². The summed E-state index contributed by atoms with van der Waals surface area (Å²) in [6.07, 6.45) is 1.04. The van der Waals surface area contributed by atoms with Gasteiger partial charge in [-0.1, -0.05) is 12.2 Å². The van der Waals surface area contributed by atoms with E-state index in [1.165, 1.54) is 0 Å². The molecule has 3 N–H and O–H groups in total. The van der Waals surface area contributed by atoms with Gasteiger partial charge in [0, 0.05) is 19.6 Å². The van der Waals surface area contributed by atoms with Gasteiger partial charge < -0.3 is 11.1 Å². The fraction of sp³-hybridized carbons (Fsp3) is 0.750. The number of halogens is 3. The van der Waals surface area contributed by atoms with Gasteiger partial charge in [0.1, 0.15) is 0 Å². The largest absolute Gasteiger partial charge is 0.370 e. The molecule has 0 aliphatic carbocycles. The third-order valence-corrected chi connectivity index (χ3v) is 4.78. The molecule has 1 fully saturated rings. The Bertz CT molecular complexity index is 491. The summed E-state index contributed by atoms with van der Waals surface area (Å²) in [5, 5.41) is 2.95. The molecule has 0 aromatic carbocycles. The van der Waals surface area contributed by atoms with Crippen LogP contribution in [0.4, 0.5) is 8.78 Å². The van der Waals surface area contributed by atoms with E-state index in [2.05, 4.69) is 16.9 Å². The molecule has 1 saturated heterocycles. The van der Waals surface area contributed by atoms with E-state index in [0.29, 0.717) is 31.9 Å². The normalized spacial score (nSPS) is 18.1. The van der Waals surface area contributed by atoms with Crippen molar-refractivity contribution in [1.82, 2.24) is 9.62 Å². The molecule has 130 valence electrons. The Labute approximate surface area is 147 Å². The molecule has 0 aromatic heterocycles. The van der Waals surface area contributed by atoms with E-state index in [4.69, 9.17) is 5.73 Å². The van der Waals surface area contributed by atoms with Crippen LogP contribution in [0, 0.1) is 5.92 Å². The van der Waals surface area contributed by atoms with Crippen molar-refractivity contribution in [3.8, 4) is 0 Å². The van der Waals surface area contributed by atoms with Gasteiger partial charge >= 0.3 is 5.76 Å². The number of sulfonamides is 1. The Balaban J connectivity index is 0.00000441. The number of piperidine rings is 1. The van der Waals surface area contributed by atoms with Gasteiger partial charge in [-0.05, 0) is 25.7 Å². The van der Waals surface area contributed by atoms with Gasteiger partial charge in [0.2, 0.25) is 0 Å². The zero-order valence-corrected chi connectivity index (χ0v) is 15.6. The summed E-state index contributed by atoms with van der Waals surface area (Å²) in [5.41, 5.74) is 6.56. The van der Waals surface area contributed by atoms with Crippen LogP contribution in [-0.4, -0.2) is 50.6 Å². The van der Waals surface area contributed by atoms with Crippen LogP contribution in [0.1, 0.15) is 19.8 Å². The summed E-state index contributed by atoms with van der Waals surface area (Å²) in [6.45, 7) is 6.78. The lowest BCUT2D eigenvalue weighted by atomic mass is 9.98. The zero-order valence-electron chi connectivity index (χ0n) is 12.5. The standard InChI is InChI=1S/C12H22F2N4O2S.HI/c1-9(2)7-16-12(15)17-8-10-3-5-18(6-4-10)21(19,20)11(13)14;/h10-11H,1,3-8H2,2H3,(H3,15,16,17);1H. The quantitative estimate of drug-likeness (QED) is 0.276. The maximum absolute atomic E-state index is 12.4. The molecule has 0 amide bonds. The highest BCUT2D eigenvalue weighted by Crippen LogP contribution is 2.21. The predicted octanol–water partition coefficient (Wildman–Crippen LogP) is 1.35. The first-order chi connectivity index (χ1) is 9.73. The maximum atomic E-state index is 12.4. The molecule has 1 heterocycles. The topological polar surface area (TPSA) is 87.8 Å². The minimum absolute atomic E-state index is 0. The van der Waals surface area contributed by atoms with Crippen LogP contribution >= 0.6 is 24.0 Å². The van der Waals surface area contributed by atoms with Crippen molar-refractivity contribution in [2.45, 2.75) is 25.5 Å². The molecule has 0 aromatic rings. The number of hydrogen-bond acceptors (Lipinski definition) is 3. The Kier molecular flexibility index (Phi) is 9.39. The summed E-state index contributed by atoms with van der Waals surface area (Å²) in [7, 11) is -4.45. The number of aliphatic imine (C=N–C) groups is 1. The van der Waals surface area contributed by atoms with Crippen LogP contribution in [0.25, 0.3) is 0 Å². The van der Waals surface area contributed by atoms with Crippen molar-refractivity contribution in [2.75, 3.05) is 26.2 Å². The van der Waals surface area contributed by atoms with E-state index in [9.17, 15) is 17.2 Å². The van der Waals surface area contributed by atoms with Gasteiger partial charge in [-0.3, -0.25) is 0 Å². The molecular formula is C12H23F2IN4O2S. The van der Waals surface area contributed by atoms with E-state index in [-0.39, 0.29) is 43.0 Å². The van der Waals surface area contributed by atoms with E-state index in [1.54, 1.807) is 0 Å². The molecular weight excluding hydrogens is 429 g/mol. The van der Waals surface area contributed by atoms with Crippen molar-refractivity contribution < 1.29 is 17.2 Å². The second-order valence-electron chi connectivity index (χ2n) is 5.19.